The van der Waals surface area contributed by atoms with Crippen molar-refractivity contribution in [3.05, 3.63) is 58.9 Å². The second kappa shape index (κ2) is 7.66. The number of rotatable bonds is 5. The number of hydrogen-bond donors (Lipinski definition) is 2. The van der Waals surface area contributed by atoms with Crippen LogP contribution >= 0.6 is 11.6 Å². The first-order valence-electron chi connectivity index (χ1n) is 8.95. The number of imidazole rings is 1. The third-order valence-electron chi connectivity index (χ3n) is 4.70. The lowest BCUT2D eigenvalue weighted by Gasteiger charge is -2.34. The largest absolute Gasteiger partial charge is 0.373 e. The molecule has 0 radical (unpaired) electrons. The first kappa shape index (κ1) is 17.3. The van der Waals surface area contributed by atoms with Crippen LogP contribution in [0.3, 0.4) is 0 Å². The van der Waals surface area contributed by atoms with Crippen LogP contribution in [0.1, 0.15) is 11.4 Å². The van der Waals surface area contributed by atoms with Gasteiger partial charge in [0.2, 0.25) is 0 Å². The summed E-state index contributed by atoms with van der Waals surface area (Å²) in [6.07, 6.45) is 0.178. The number of ether oxygens (including phenoxy) is 1. The Labute approximate surface area is 158 Å². The predicted octanol–water partition coefficient (Wildman–Crippen LogP) is 3.52. The average molecular weight is 371 g/mol. The van der Waals surface area contributed by atoms with E-state index < -0.39 is 0 Å². The van der Waals surface area contributed by atoms with Gasteiger partial charge in [0.25, 0.3) is 0 Å². The number of nitrogens with one attached hydrogen (secondary N) is 2. The van der Waals surface area contributed by atoms with Gasteiger partial charge in [-0.25, -0.2) is 4.98 Å². The molecule has 0 amide bonds. The van der Waals surface area contributed by atoms with Gasteiger partial charge < -0.3 is 19.9 Å². The average Bonchev–Trinajstić information content (AvgIpc) is 3.02. The molecule has 136 valence electrons. The maximum absolute atomic E-state index is 5.98. The monoisotopic (exact) mass is 370 g/mol. The molecule has 2 N–H and O–H groups in total. The molecule has 0 saturated carbocycles. The number of aromatic nitrogens is 2. The molecule has 26 heavy (non-hydrogen) atoms. The van der Waals surface area contributed by atoms with E-state index in [1.165, 1.54) is 11.3 Å². The number of nitrogens with zero attached hydrogens (tertiary/aromatic N) is 2. The van der Waals surface area contributed by atoms with Gasteiger partial charge in [-0.05, 0) is 48.9 Å². The van der Waals surface area contributed by atoms with Gasteiger partial charge in [0.15, 0.2) is 0 Å². The fourth-order valence-electron chi connectivity index (χ4n) is 3.40. The van der Waals surface area contributed by atoms with E-state index in [1.807, 2.05) is 19.1 Å². The van der Waals surface area contributed by atoms with E-state index >= 15 is 0 Å². The quantitative estimate of drug-likeness (QED) is 0.721. The van der Waals surface area contributed by atoms with Crippen LogP contribution in [-0.4, -0.2) is 42.3 Å². The molecule has 2 heterocycles. The van der Waals surface area contributed by atoms with Crippen LogP contribution in [0.15, 0.2) is 42.5 Å². The summed E-state index contributed by atoms with van der Waals surface area (Å²) in [6, 6.07) is 14.4. The maximum atomic E-state index is 5.98. The SMILES string of the molecule is Cc1nc2ccc(CNCC3CN(c4ccc(Cl)cc4)CCO3)cc2[nH]1. The molecule has 2 aromatic carbocycles. The summed E-state index contributed by atoms with van der Waals surface area (Å²) in [5.41, 5.74) is 4.54. The molecule has 1 fully saturated rings. The highest BCUT2D eigenvalue weighted by atomic mass is 35.5. The van der Waals surface area contributed by atoms with Crippen LogP contribution in [0.25, 0.3) is 11.0 Å². The van der Waals surface area contributed by atoms with Gasteiger partial charge in [-0.3, -0.25) is 0 Å². The number of benzene rings is 2. The van der Waals surface area contributed by atoms with E-state index in [0.29, 0.717) is 0 Å². The zero-order valence-electron chi connectivity index (χ0n) is 14.8. The van der Waals surface area contributed by atoms with Gasteiger partial charge in [-0.15, -0.1) is 0 Å². The van der Waals surface area contributed by atoms with Crippen molar-refractivity contribution in [1.82, 2.24) is 15.3 Å². The molecule has 1 aliphatic heterocycles. The van der Waals surface area contributed by atoms with Gasteiger partial charge in [0, 0.05) is 36.9 Å². The molecule has 1 aromatic heterocycles. The summed E-state index contributed by atoms with van der Waals surface area (Å²) in [6.45, 7) is 6.15. The third-order valence-corrected chi connectivity index (χ3v) is 4.95. The lowest BCUT2D eigenvalue weighted by atomic mass is 10.2. The summed E-state index contributed by atoms with van der Waals surface area (Å²) in [5.74, 6) is 0.947. The minimum atomic E-state index is 0.178. The van der Waals surface area contributed by atoms with Gasteiger partial charge in [-0.2, -0.15) is 0 Å². The Morgan fingerprint density at radius 3 is 2.96 bits per heavy atom. The Balaban J connectivity index is 1.31. The highest BCUT2D eigenvalue weighted by Crippen LogP contribution is 2.20. The molecule has 1 atom stereocenters. The maximum Gasteiger partial charge on any atom is 0.104 e. The first-order chi connectivity index (χ1) is 12.7. The molecule has 4 rings (SSSR count). The fourth-order valence-corrected chi connectivity index (χ4v) is 3.53. The highest BCUT2D eigenvalue weighted by Gasteiger charge is 2.20. The van der Waals surface area contributed by atoms with E-state index in [2.05, 4.69) is 50.5 Å². The zero-order valence-corrected chi connectivity index (χ0v) is 15.6. The number of aromatic amines is 1. The smallest absolute Gasteiger partial charge is 0.104 e. The number of fused-ring (bicyclic) bond motifs is 1. The van der Waals surface area contributed by atoms with Crippen LogP contribution in [0.4, 0.5) is 5.69 Å². The van der Waals surface area contributed by atoms with Crippen molar-refractivity contribution >= 4 is 28.3 Å². The molecule has 5 nitrogen and oxygen atoms in total. The van der Waals surface area contributed by atoms with Crippen molar-refractivity contribution in [2.75, 3.05) is 31.1 Å². The van der Waals surface area contributed by atoms with Crippen molar-refractivity contribution in [1.29, 1.82) is 0 Å². The fraction of sp³-hybridized carbons (Fsp3) is 0.350. The van der Waals surface area contributed by atoms with Crippen molar-refractivity contribution in [3.63, 3.8) is 0 Å². The molecule has 3 aromatic rings. The van der Waals surface area contributed by atoms with E-state index in [1.54, 1.807) is 0 Å². The van der Waals surface area contributed by atoms with Crippen LogP contribution in [0.5, 0.6) is 0 Å². The van der Waals surface area contributed by atoms with Gasteiger partial charge in [-0.1, -0.05) is 17.7 Å². The number of aryl methyl sites for hydroxylation is 1. The van der Waals surface area contributed by atoms with Gasteiger partial charge in [0.1, 0.15) is 5.82 Å². The van der Waals surface area contributed by atoms with Crippen LogP contribution in [0, 0.1) is 6.92 Å². The summed E-state index contributed by atoms with van der Waals surface area (Å²) >= 11 is 5.98. The lowest BCUT2D eigenvalue weighted by Crippen LogP contribution is -2.46. The van der Waals surface area contributed by atoms with Crippen molar-refractivity contribution < 1.29 is 4.74 Å². The Morgan fingerprint density at radius 2 is 2.12 bits per heavy atom. The molecular weight excluding hydrogens is 348 g/mol. The van der Waals surface area contributed by atoms with E-state index in [-0.39, 0.29) is 6.10 Å². The van der Waals surface area contributed by atoms with Crippen molar-refractivity contribution in [3.8, 4) is 0 Å². The number of H-pyrrole nitrogens is 1. The molecule has 1 saturated heterocycles. The lowest BCUT2D eigenvalue weighted by molar-refractivity contribution is 0.0407. The highest BCUT2D eigenvalue weighted by molar-refractivity contribution is 6.30. The Kier molecular flexibility index (Phi) is 5.11. The summed E-state index contributed by atoms with van der Waals surface area (Å²) in [5, 5.41) is 4.29. The Bertz CT molecular complexity index is 877. The molecule has 1 aliphatic rings. The molecule has 0 aliphatic carbocycles. The van der Waals surface area contributed by atoms with Crippen LogP contribution in [0.2, 0.25) is 5.02 Å². The molecule has 0 spiro atoms. The predicted molar refractivity (Wildman–Crippen MR) is 106 cm³/mol. The number of anilines is 1. The molecular formula is C20H23ClN4O. The van der Waals surface area contributed by atoms with E-state index in [9.17, 15) is 0 Å². The minimum Gasteiger partial charge on any atom is -0.373 e. The second-order valence-electron chi connectivity index (χ2n) is 6.72. The zero-order chi connectivity index (χ0) is 17.9. The second-order valence-corrected chi connectivity index (χ2v) is 7.16. The van der Waals surface area contributed by atoms with Gasteiger partial charge >= 0.3 is 0 Å². The Morgan fingerprint density at radius 1 is 1.27 bits per heavy atom. The molecule has 6 heteroatoms. The Hall–Kier alpha value is -2.08. The summed E-state index contributed by atoms with van der Waals surface area (Å²) < 4.78 is 5.92. The van der Waals surface area contributed by atoms with Crippen molar-refractivity contribution in [2.45, 2.75) is 19.6 Å². The number of hydrogen-bond acceptors (Lipinski definition) is 4. The normalized spacial score (nSPS) is 17.8. The van der Waals surface area contributed by atoms with Gasteiger partial charge in [0.05, 0.1) is 23.7 Å². The standard InChI is InChI=1S/C20H23ClN4O/c1-14-23-19-7-2-15(10-20(19)24-14)11-22-12-18-13-25(8-9-26-18)17-5-3-16(21)4-6-17/h2-7,10,18,22H,8-9,11-13H2,1H3,(H,23,24). The molecule has 0 bridgehead atoms. The minimum absolute atomic E-state index is 0.178. The third kappa shape index (κ3) is 4.01. The summed E-state index contributed by atoms with van der Waals surface area (Å²) in [4.78, 5) is 10.1. The van der Waals surface area contributed by atoms with E-state index in [0.717, 1.165) is 54.7 Å². The number of morpholine rings is 1. The summed E-state index contributed by atoms with van der Waals surface area (Å²) in [7, 11) is 0. The molecule has 1 unspecified atom stereocenters. The van der Waals surface area contributed by atoms with Crippen LogP contribution in [-0.2, 0) is 11.3 Å². The van der Waals surface area contributed by atoms with Crippen molar-refractivity contribution in [2.24, 2.45) is 0 Å². The number of halogens is 1. The van der Waals surface area contributed by atoms with E-state index in [4.69, 9.17) is 16.3 Å². The topological polar surface area (TPSA) is 53.2 Å². The van der Waals surface area contributed by atoms with Crippen LogP contribution < -0.4 is 10.2 Å². The first-order valence-corrected chi connectivity index (χ1v) is 9.33.